The summed E-state index contributed by atoms with van der Waals surface area (Å²) in [5.74, 6) is -0.0701. The van der Waals surface area contributed by atoms with Gasteiger partial charge in [0.15, 0.2) is 0 Å². The van der Waals surface area contributed by atoms with Gasteiger partial charge in [0.25, 0.3) is 0 Å². The molecule has 156 valence electrons. The molecule has 0 spiro atoms. The van der Waals surface area contributed by atoms with Crippen molar-refractivity contribution in [3.8, 4) is 0 Å². The molecule has 0 fully saturated rings. The topological polar surface area (TPSA) is 67.2 Å². The van der Waals surface area contributed by atoms with Crippen molar-refractivity contribution in [2.75, 3.05) is 26.2 Å². The Morgan fingerprint density at radius 3 is 2.57 bits per heavy atom. The Morgan fingerprint density at radius 2 is 1.89 bits per heavy atom. The number of amides is 1. The quantitative estimate of drug-likeness (QED) is 0.300. The Labute approximate surface area is 171 Å². The minimum Gasteiger partial charge on any atom is -0.351 e. The number of allylic oxidation sites excluding steroid dienone is 9. The second-order valence-corrected chi connectivity index (χ2v) is 8.25. The SMILES string of the molecule is CC1=C(/C=C/C(C)=C/C=C/C(C)=C/C(=O)NCCNCCN)C(C)(C)CCC1. The van der Waals surface area contributed by atoms with Crippen LogP contribution in [-0.4, -0.2) is 32.1 Å². The molecule has 1 aliphatic carbocycles. The van der Waals surface area contributed by atoms with Gasteiger partial charge in [-0.1, -0.05) is 55.4 Å². The molecular formula is C24H39N3O. The van der Waals surface area contributed by atoms with Crippen LogP contribution in [0, 0.1) is 5.41 Å². The second-order valence-electron chi connectivity index (χ2n) is 8.25. The maximum atomic E-state index is 11.8. The van der Waals surface area contributed by atoms with Crippen molar-refractivity contribution in [3.63, 3.8) is 0 Å². The van der Waals surface area contributed by atoms with Gasteiger partial charge in [-0.3, -0.25) is 4.79 Å². The van der Waals surface area contributed by atoms with Crippen LogP contribution in [0.1, 0.15) is 53.9 Å². The molecular weight excluding hydrogens is 346 g/mol. The third kappa shape index (κ3) is 9.34. The molecule has 0 saturated carbocycles. The van der Waals surface area contributed by atoms with E-state index in [1.165, 1.54) is 36.0 Å². The maximum Gasteiger partial charge on any atom is 0.244 e. The zero-order valence-corrected chi connectivity index (χ0v) is 18.4. The lowest BCUT2D eigenvalue weighted by Crippen LogP contribution is -2.33. The van der Waals surface area contributed by atoms with Crippen LogP contribution in [0.3, 0.4) is 0 Å². The van der Waals surface area contributed by atoms with Crippen molar-refractivity contribution in [1.29, 1.82) is 0 Å². The fourth-order valence-electron chi connectivity index (χ4n) is 3.44. The van der Waals surface area contributed by atoms with Gasteiger partial charge < -0.3 is 16.4 Å². The van der Waals surface area contributed by atoms with Gasteiger partial charge >= 0.3 is 0 Å². The maximum absolute atomic E-state index is 11.8. The van der Waals surface area contributed by atoms with Gasteiger partial charge in [0, 0.05) is 32.3 Å². The summed E-state index contributed by atoms with van der Waals surface area (Å²) in [6.07, 6.45) is 15.9. The van der Waals surface area contributed by atoms with Gasteiger partial charge in [-0.25, -0.2) is 0 Å². The summed E-state index contributed by atoms with van der Waals surface area (Å²) in [6, 6.07) is 0. The summed E-state index contributed by atoms with van der Waals surface area (Å²) in [7, 11) is 0. The molecule has 1 amide bonds. The zero-order valence-electron chi connectivity index (χ0n) is 18.4. The smallest absolute Gasteiger partial charge is 0.244 e. The molecule has 4 heteroatoms. The molecule has 4 nitrogen and oxygen atoms in total. The lowest BCUT2D eigenvalue weighted by atomic mass is 9.72. The fourth-order valence-corrected chi connectivity index (χ4v) is 3.44. The molecule has 0 heterocycles. The second kappa shape index (κ2) is 12.5. The summed E-state index contributed by atoms with van der Waals surface area (Å²) < 4.78 is 0. The summed E-state index contributed by atoms with van der Waals surface area (Å²) in [4.78, 5) is 11.8. The third-order valence-corrected chi connectivity index (χ3v) is 5.05. The van der Waals surface area contributed by atoms with Crippen molar-refractivity contribution in [2.24, 2.45) is 11.1 Å². The molecule has 0 aromatic rings. The van der Waals surface area contributed by atoms with Crippen LogP contribution < -0.4 is 16.4 Å². The van der Waals surface area contributed by atoms with Crippen LogP contribution in [0.5, 0.6) is 0 Å². The molecule has 1 aliphatic rings. The number of rotatable bonds is 10. The minimum absolute atomic E-state index is 0.0701. The van der Waals surface area contributed by atoms with Crippen LogP contribution >= 0.6 is 0 Å². The van der Waals surface area contributed by atoms with Gasteiger partial charge in [-0.15, -0.1) is 0 Å². The lowest BCUT2D eigenvalue weighted by Gasteiger charge is -2.32. The van der Waals surface area contributed by atoms with Crippen molar-refractivity contribution >= 4 is 5.91 Å². The average Bonchev–Trinajstić information content (AvgIpc) is 2.60. The summed E-state index contributed by atoms with van der Waals surface area (Å²) in [6.45, 7) is 13.7. The van der Waals surface area contributed by atoms with Gasteiger partial charge in [0.1, 0.15) is 0 Å². The Balaban J connectivity index is 2.55. The number of nitrogens with two attached hydrogens (primary N) is 1. The molecule has 0 unspecified atom stereocenters. The molecule has 0 bridgehead atoms. The van der Waals surface area contributed by atoms with Gasteiger partial charge in [0.05, 0.1) is 0 Å². The first-order valence-electron chi connectivity index (χ1n) is 10.4. The van der Waals surface area contributed by atoms with Crippen LogP contribution in [0.15, 0.2) is 58.7 Å². The first-order chi connectivity index (χ1) is 13.3. The van der Waals surface area contributed by atoms with Crippen LogP contribution in [0.2, 0.25) is 0 Å². The van der Waals surface area contributed by atoms with Gasteiger partial charge in [0.2, 0.25) is 5.91 Å². The number of carbonyl (C=O) groups is 1. The van der Waals surface area contributed by atoms with Crippen molar-refractivity contribution in [1.82, 2.24) is 10.6 Å². The Kier molecular flexibility index (Phi) is 10.8. The highest BCUT2D eigenvalue weighted by Gasteiger charge is 2.26. The van der Waals surface area contributed by atoms with E-state index in [1.54, 1.807) is 6.08 Å². The Bertz CT molecular complexity index is 663. The predicted molar refractivity (Wildman–Crippen MR) is 121 cm³/mol. The molecule has 0 radical (unpaired) electrons. The highest BCUT2D eigenvalue weighted by atomic mass is 16.1. The zero-order chi connectivity index (χ0) is 21.0. The molecule has 0 atom stereocenters. The molecule has 1 rings (SSSR count). The van der Waals surface area contributed by atoms with Crippen LogP contribution in [-0.2, 0) is 4.79 Å². The largest absolute Gasteiger partial charge is 0.351 e. The summed E-state index contributed by atoms with van der Waals surface area (Å²) >= 11 is 0. The molecule has 4 N–H and O–H groups in total. The van der Waals surface area contributed by atoms with Gasteiger partial charge in [-0.05, 0) is 56.6 Å². The van der Waals surface area contributed by atoms with Crippen molar-refractivity contribution in [3.05, 3.63) is 58.7 Å². The van der Waals surface area contributed by atoms with Crippen LogP contribution in [0.25, 0.3) is 0 Å². The predicted octanol–water partition coefficient (Wildman–Crippen LogP) is 4.18. The highest BCUT2D eigenvalue weighted by molar-refractivity contribution is 5.88. The highest BCUT2D eigenvalue weighted by Crippen LogP contribution is 2.40. The van der Waals surface area contributed by atoms with E-state index >= 15 is 0 Å². The van der Waals surface area contributed by atoms with Crippen LogP contribution in [0.4, 0.5) is 0 Å². The van der Waals surface area contributed by atoms with Gasteiger partial charge in [-0.2, -0.15) is 0 Å². The normalized spacial score (nSPS) is 18.4. The molecule has 0 aromatic heterocycles. The molecule has 0 aromatic carbocycles. The average molecular weight is 386 g/mol. The fraction of sp³-hybridized carbons (Fsp3) is 0.542. The van der Waals surface area contributed by atoms with Crippen molar-refractivity contribution < 1.29 is 4.79 Å². The first kappa shape index (κ1) is 24.1. The standard InChI is InChI=1S/C24H39N3O/c1-19(11-12-22-21(3)10-7-13-24(22,4)5)8-6-9-20(2)18-23(28)27-17-16-26-15-14-25/h6,8-9,11-12,18,26H,7,10,13-17,25H2,1-5H3,(H,27,28)/b9-6+,12-11+,19-8+,20-18+. The van der Waals surface area contributed by atoms with E-state index in [9.17, 15) is 4.79 Å². The lowest BCUT2D eigenvalue weighted by molar-refractivity contribution is -0.116. The van der Waals surface area contributed by atoms with E-state index in [1.807, 2.05) is 19.1 Å². The minimum atomic E-state index is -0.0701. The first-order valence-corrected chi connectivity index (χ1v) is 10.4. The summed E-state index contributed by atoms with van der Waals surface area (Å²) in [5.41, 5.74) is 10.8. The molecule has 28 heavy (non-hydrogen) atoms. The number of carbonyl (C=O) groups excluding carboxylic acids is 1. The number of nitrogens with one attached hydrogen (secondary N) is 2. The van der Waals surface area contributed by atoms with E-state index in [-0.39, 0.29) is 11.3 Å². The van der Waals surface area contributed by atoms with E-state index in [2.05, 4.69) is 56.6 Å². The van der Waals surface area contributed by atoms with E-state index in [0.717, 1.165) is 18.7 Å². The van der Waals surface area contributed by atoms with Crippen molar-refractivity contribution in [2.45, 2.75) is 53.9 Å². The van der Waals surface area contributed by atoms with E-state index in [4.69, 9.17) is 5.73 Å². The Hall–Kier alpha value is -1.91. The summed E-state index contributed by atoms with van der Waals surface area (Å²) in [5, 5.41) is 6.00. The monoisotopic (exact) mass is 385 g/mol. The molecule has 0 saturated heterocycles. The van der Waals surface area contributed by atoms with E-state index in [0.29, 0.717) is 13.1 Å². The third-order valence-electron chi connectivity index (χ3n) is 5.05. The Morgan fingerprint density at radius 1 is 1.14 bits per heavy atom. The molecule has 0 aliphatic heterocycles. The number of hydrogen-bond acceptors (Lipinski definition) is 3. The number of hydrogen-bond donors (Lipinski definition) is 3. The van der Waals surface area contributed by atoms with E-state index < -0.39 is 0 Å².